The Labute approximate surface area is 128 Å². The Kier molecular flexibility index (Phi) is 4.17. The number of hydrogen-bond donors (Lipinski definition) is 2. The highest BCUT2D eigenvalue weighted by Gasteiger charge is 2.38. The van der Waals surface area contributed by atoms with Crippen LogP contribution in [0.1, 0.15) is 19.6 Å². The molecule has 1 aromatic heterocycles. The van der Waals surface area contributed by atoms with Crippen molar-refractivity contribution in [1.82, 2.24) is 9.55 Å². The van der Waals surface area contributed by atoms with Crippen LogP contribution in [0.25, 0.3) is 0 Å². The molecule has 0 saturated carbocycles. The zero-order chi connectivity index (χ0) is 15.6. The van der Waals surface area contributed by atoms with Gasteiger partial charge in [0.1, 0.15) is 18.4 Å². The summed E-state index contributed by atoms with van der Waals surface area (Å²) in [4.78, 5) is 36.4. The number of aliphatic hydroxyl groups excluding tert-OH is 1. The molecule has 0 spiro atoms. The van der Waals surface area contributed by atoms with E-state index in [0.717, 1.165) is 0 Å². The van der Waals surface area contributed by atoms with Gasteiger partial charge in [-0.2, -0.15) is 0 Å². The summed E-state index contributed by atoms with van der Waals surface area (Å²) in [5.41, 5.74) is -1.09. The topological polar surface area (TPSA) is 111 Å². The first-order valence-corrected chi connectivity index (χ1v) is 6.92. The maximum atomic E-state index is 11.8. The molecule has 1 saturated heterocycles. The van der Waals surface area contributed by atoms with Crippen LogP contribution in [-0.4, -0.2) is 40.9 Å². The van der Waals surface area contributed by atoms with E-state index in [1.54, 1.807) is 22.6 Å². The minimum absolute atomic E-state index is 0.0936. The lowest BCUT2D eigenvalue weighted by atomic mass is 10.2. The summed E-state index contributed by atoms with van der Waals surface area (Å²) < 4.78 is 19.0. The molecule has 1 aliphatic heterocycles. The van der Waals surface area contributed by atoms with Crippen LogP contribution in [-0.2, 0) is 14.3 Å². The first kappa shape index (κ1) is 13.8. The van der Waals surface area contributed by atoms with Crippen molar-refractivity contribution >= 4 is 28.6 Å². The highest BCUT2D eigenvalue weighted by atomic mass is 127. The number of ether oxygens (including phenoxy) is 2. The maximum Gasteiger partial charge on any atom is 0.330 e. The number of aromatic amines is 1. The molecule has 110 valence electrons. The molecule has 0 bridgehead atoms. The highest BCUT2D eigenvalue weighted by Crippen LogP contribution is 2.29. The smallest absolute Gasteiger partial charge is 0.330 e. The van der Waals surface area contributed by atoms with Gasteiger partial charge in [-0.15, -0.1) is 0 Å². The predicted octanol–water partition coefficient (Wildman–Crippen LogP) is -0.647. The number of carbonyl (C=O) groups excluding carboxylic acids is 1. The molecule has 1 fully saturated rings. The number of carbonyl (C=O) groups is 1. The van der Waals surface area contributed by atoms with Crippen molar-refractivity contribution in [3.05, 3.63) is 30.6 Å². The third kappa shape index (κ3) is 3.10. The van der Waals surface area contributed by atoms with Crippen molar-refractivity contribution in [3.63, 3.8) is 0 Å². The van der Waals surface area contributed by atoms with E-state index in [-0.39, 0.29) is 13.0 Å². The molecule has 2 N–H and O–H groups in total. The van der Waals surface area contributed by atoms with E-state index >= 15 is 0 Å². The van der Waals surface area contributed by atoms with Gasteiger partial charge in [0, 0.05) is 19.5 Å². The molecule has 20 heavy (non-hydrogen) atoms. The molecule has 0 unspecified atom stereocenters. The molecule has 2 rings (SSSR count). The van der Waals surface area contributed by atoms with E-state index in [9.17, 15) is 14.4 Å². The van der Waals surface area contributed by atoms with Gasteiger partial charge in [-0.05, 0) is 22.6 Å². The van der Waals surface area contributed by atoms with E-state index in [1.807, 2.05) is 0 Å². The van der Waals surface area contributed by atoms with Gasteiger partial charge in [0.05, 0.1) is 10.2 Å². The summed E-state index contributed by atoms with van der Waals surface area (Å²) >= 11 is 1.80. The normalized spacial score (nSPS) is 26.3. The van der Waals surface area contributed by atoms with E-state index in [1.165, 1.54) is 17.7 Å². The lowest BCUT2D eigenvalue weighted by molar-refractivity contribution is -0.150. The molecule has 1 aromatic rings. The monoisotopic (exact) mass is 397 g/mol. The number of nitrogens with one attached hydrogen (secondary N) is 1. The van der Waals surface area contributed by atoms with Crippen LogP contribution >= 0.6 is 22.6 Å². The van der Waals surface area contributed by atoms with Crippen LogP contribution in [0.15, 0.2) is 15.8 Å². The van der Waals surface area contributed by atoms with E-state index in [0.29, 0.717) is 3.57 Å². The number of hydrogen-bond acceptors (Lipinski definition) is 6. The number of H-pyrrole nitrogens is 1. The van der Waals surface area contributed by atoms with Gasteiger partial charge in [0.15, 0.2) is 0 Å². The minimum atomic E-state index is -0.702. The molecule has 0 aliphatic carbocycles. The summed E-state index contributed by atoms with van der Waals surface area (Å²) in [6.45, 7) is 1.17. The van der Waals surface area contributed by atoms with Crippen LogP contribution in [0.4, 0.5) is 0 Å². The van der Waals surface area contributed by atoms with Crippen molar-refractivity contribution in [2.24, 2.45) is 0 Å². The Balaban J connectivity index is 2.26. The van der Waals surface area contributed by atoms with Crippen molar-refractivity contribution in [3.8, 4) is 0 Å². The standard InChI is InChI=1S/C11H13IN2O6/c1-5(16)19-7-2-9(20-8(7)4-15)14-3-6(12)10(17)13-11(14)18/h3,7-9,15H,2,4H2,1H3,(H,13,17,18)/t7-,8-,9-/m1/s1/i15D. The second-order valence-corrected chi connectivity index (χ2v) is 5.49. The second-order valence-electron chi connectivity index (χ2n) is 4.32. The van der Waals surface area contributed by atoms with Gasteiger partial charge < -0.3 is 14.6 Å². The molecular formula is C11H13IN2O6. The Morgan fingerprint density at radius 2 is 2.50 bits per heavy atom. The van der Waals surface area contributed by atoms with Gasteiger partial charge in [-0.3, -0.25) is 19.1 Å². The fourth-order valence-corrected chi connectivity index (χ4v) is 2.47. The molecule has 8 nitrogen and oxygen atoms in total. The summed E-state index contributed by atoms with van der Waals surface area (Å²) in [7, 11) is 0. The number of rotatable bonds is 4. The summed E-state index contributed by atoms with van der Waals surface area (Å²) in [5.74, 6) is -0.484. The fourth-order valence-electron chi connectivity index (χ4n) is 2.03. The molecule has 0 amide bonds. The Hall–Kier alpha value is -1.20. The van der Waals surface area contributed by atoms with Gasteiger partial charge in [-0.25, -0.2) is 4.79 Å². The van der Waals surface area contributed by atoms with Gasteiger partial charge in [0.2, 0.25) is 1.43 Å². The molecule has 0 aromatic carbocycles. The largest absolute Gasteiger partial charge is 0.460 e. The van der Waals surface area contributed by atoms with Crippen molar-refractivity contribution in [2.45, 2.75) is 31.8 Å². The Bertz CT molecular complexity index is 644. The lowest BCUT2D eigenvalue weighted by Gasteiger charge is -2.15. The van der Waals surface area contributed by atoms with Crippen LogP contribution in [0.2, 0.25) is 0 Å². The number of aliphatic hydroxyl groups is 1. The van der Waals surface area contributed by atoms with Crippen LogP contribution in [0.5, 0.6) is 0 Å². The lowest BCUT2D eigenvalue weighted by Crippen LogP contribution is -2.33. The van der Waals surface area contributed by atoms with Crippen LogP contribution in [0, 0.1) is 3.57 Å². The molecule has 0 radical (unpaired) electrons. The van der Waals surface area contributed by atoms with E-state index in [2.05, 4.69) is 10.1 Å². The van der Waals surface area contributed by atoms with Gasteiger partial charge in [-0.1, -0.05) is 0 Å². The van der Waals surface area contributed by atoms with Crippen molar-refractivity contribution in [2.75, 3.05) is 6.61 Å². The number of nitrogens with zero attached hydrogens (tertiary/aromatic N) is 1. The average Bonchev–Trinajstić information content (AvgIpc) is 2.76. The Morgan fingerprint density at radius 1 is 1.75 bits per heavy atom. The average molecular weight is 397 g/mol. The molecule has 1 aliphatic rings. The minimum Gasteiger partial charge on any atom is -0.460 e. The van der Waals surface area contributed by atoms with Crippen LogP contribution in [0.3, 0.4) is 0 Å². The quantitative estimate of drug-likeness (QED) is 0.516. The van der Waals surface area contributed by atoms with Gasteiger partial charge >= 0.3 is 11.7 Å². The van der Waals surface area contributed by atoms with Gasteiger partial charge in [0.25, 0.3) is 5.56 Å². The summed E-state index contributed by atoms with van der Waals surface area (Å²) in [5, 5.41) is 4.28. The number of esters is 1. The molecule has 2 heterocycles. The first-order valence-electron chi connectivity index (χ1n) is 6.25. The molecular weight excluding hydrogens is 383 g/mol. The first-order chi connectivity index (χ1) is 9.92. The molecule has 9 heteroatoms. The third-order valence-electron chi connectivity index (χ3n) is 2.90. The summed E-state index contributed by atoms with van der Waals surface area (Å²) in [6, 6.07) is 0. The van der Waals surface area contributed by atoms with E-state index < -0.39 is 35.7 Å². The molecule has 3 atom stereocenters. The van der Waals surface area contributed by atoms with E-state index in [4.69, 9.17) is 10.9 Å². The third-order valence-corrected chi connectivity index (χ3v) is 3.67. The van der Waals surface area contributed by atoms with Crippen LogP contribution < -0.4 is 11.2 Å². The predicted molar refractivity (Wildman–Crippen MR) is 75.2 cm³/mol. The summed E-state index contributed by atoms with van der Waals surface area (Å²) in [6.07, 6.45) is -0.355. The number of halogens is 1. The van der Waals surface area contributed by atoms with Crippen molar-refractivity contribution in [1.29, 1.82) is 1.43 Å². The maximum absolute atomic E-state index is 11.8. The zero-order valence-electron chi connectivity index (χ0n) is 11.5. The van der Waals surface area contributed by atoms with Crippen molar-refractivity contribution < 1.29 is 19.4 Å². The fraction of sp³-hybridized carbons (Fsp3) is 0.545. The second kappa shape index (κ2) is 6.06. The highest BCUT2D eigenvalue weighted by molar-refractivity contribution is 14.1. The number of aromatic nitrogens is 2. The zero-order valence-corrected chi connectivity index (χ0v) is 12.7. The Morgan fingerprint density at radius 3 is 3.15 bits per heavy atom. The SMILES string of the molecule is [2H]OC[C@H]1O[C@@H](n2cc(I)c(=O)[nH]c2=O)C[C@H]1OC(C)=O.